The summed E-state index contributed by atoms with van der Waals surface area (Å²) < 4.78 is 5.56. The number of hydrogen-bond acceptors (Lipinski definition) is 5. The molecule has 3 N–H and O–H groups in total. The molecule has 5 rings (SSSR count). The van der Waals surface area contributed by atoms with Gasteiger partial charge in [-0.1, -0.05) is 61.6 Å². The van der Waals surface area contributed by atoms with Crippen LogP contribution in [0.15, 0.2) is 54.6 Å². The Kier molecular flexibility index (Phi) is 5.86. The van der Waals surface area contributed by atoms with Crippen molar-refractivity contribution in [2.24, 2.45) is 5.73 Å². The molecule has 3 atom stereocenters. The fraction of sp³-hybridized carbons (Fsp3) is 0.385. The molecule has 36 heavy (non-hydrogen) atoms. The van der Waals surface area contributed by atoms with E-state index in [-0.39, 0.29) is 31.4 Å². The molecule has 2 aromatic carbocycles. The van der Waals surface area contributed by atoms with E-state index in [4.69, 9.17) is 10.5 Å². The first-order valence-electron chi connectivity index (χ1n) is 12.1. The van der Waals surface area contributed by atoms with Gasteiger partial charge >= 0.3 is 6.09 Å². The van der Waals surface area contributed by atoms with Crippen LogP contribution in [0.2, 0.25) is 19.1 Å². The SMILES string of the molecule is C[Si]1(C)C[C@H](C(=O)N2C[C@]3(C[C@H]2C(N)=O)C(=O)Nc2ccccc23)N(C(=O)OCc2ccccc2)C1. The fourth-order valence-corrected chi connectivity index (χ4v) is 8.64. The van der Waals surface area contributed by atoms with Crippen molar-refractivity contribution < 1.29 is 23.9 Å². The van der Waals surface area contributed by atoms with Crippen molar-refractivity contribution in [1.82, 2.24) is 9.80 Å². The molecule has 3 aliphatic heterocycles. The lowest BCUT2D eigenvalue weighted by Crippen LogP contribution is -2.52. The van der Waals surface area contributed by atoms with Crippen molar-refractivity contribution in [3.05, 3.63) is 65.7 Å². The summed E-state index contributed by atoms with van der Waals surface area (Å²) in [5.41, 5.74) is 6.99. The van der Waals surface area contributed by atoms with E-state index in [1.54, 1.807) is 6.07 Å². The van der Waals surface area contributed by atoms with Gasteiger partial charge in [0, 0.05) is 18.4 Å². The van der Waals surface area contributed by atoms with Gasteiger partial charge in [-0.05, 0) is 29.7 Å². The highest BCUT2D eigenvalue weighted by molar-refractivity contribution is 6.79. The molecular weight excluding hydrogens is 476 g/mol. The Balaban J connectivity index is 1.40. The second-order valence-electron chi connectivity index (χ2n) is 10.7. The Morgan fingerprint density at radius 1 is 1.06 bits per heavy atom. The first kappa shape index (κ1) is 24.0. The van der Waals surface area contributed by atoms with Gasteiger partial charge in [-0.25, -0.2) is 4.79 Å². The second kappa shape index (κ2) is 8.77. The van der Waals surface area contributed by atoms with Gasteiger partial charge in [0.15, 0.2) is 0 Å². The van der Waals surface area contributed by atoms with Crippen LogP contribution in [0.4, 0.5) is 10.5 Å². The maximum atomic E-state index is 14.0. The highest BCUT2D eigenvalue weighted by atomic mass is 28.3. The maximum Gasteiger partial charge on any atom is 0.410 e. The number of hydrogen-bond donors (Lipinski definition) is 2. The average Bonchev–Trinajstić information content (AvgIpc) is 3.50. The van der Waals surface area contributed by atoms with Crippen LogP contribution in [0, 0.1) is 0 Å². The lowest BCUT2D eigenvalue weighted by atomic mass is 9.79. The van der Waals surface area contributed by atoms with E-state index in [1.807, 2.05) is 48.5 Å². The number of ether oxygens (including phenoxy) is 1. The number of anilines is 1. The number of primary amides is 1. The van der Waals surface area contributed by atoms with Crippen molar-refractivity contribution in [2.45, 2.75) is 49.7 Å². The number of carbonyl (C=O) groups excluding carboxylic acids is 4. The molecule has 2 fully saturated rings. The summed E-state index contributed by atoms with van der Waals surface area (Å²) in [5, 5.41) is 2.88. The highest BCUT2D eigenvalue weighted by Crippen LogP contribution is 2.47. The fourth-order valence-electron chi connectivity index (χ4n) is 5.80. The number of nitrogens with one attached hydrogen (secondary N) is 1. The van der Waals surface area contributed by atoms with Gasteiger partial charge in [0.1, 0.15) is 18.7 Å². The maximum absolute atomic E-state index is 14.0. The molecule has 0 aromatic heterocycles. The quantitative estimate of drug-likeness (QED) is 0.616. The molecule has 2 aromatic rings. The van der Waals surface area contributed by atoms with Crippen molar-refractivity contribution in [3.63, 3.8) is 0 Å². The van der Waals surface area contributed by atoms with E-state index in [2.05, 4.69) is 18.4 Å². The molecule has 3 aliphatic rings. The number of nitrogens with two attached hydrogens (primary N) is 1. The van der Waals surface area contributed by atoms with E-state index in [0.717, 1.165) is 11.1 Å². The van der Waals surface area contributed by atoms with E-state index >= 15 is 0 Å². The zero-order valence-corrected chi connectivity index (χ0v) is 21.4. The van der Waals surface area contributed by atoms with Gasteiger partial charge in [0.05, 0.1) is 13.5 Å². The normalized spacial score (nSPS) is 26.1. The van der Waals surface area contributed by atoms with Crippen molar-refractivity contribution >= 4 is 37.6 Å². The summed E-state index contributed by atoms with van der Waals surface area (Å²) in [6.07, 6.45) is 0.0347. The number of benzene rings is 2. The zero-order chi connectivity index (χ0) is 25.7. The third kappa shape index (κ3) is 4.05. The van der Waals surface area contributed by atoms with E-state index in [1.165, 1.54) is 9.80 Å². The van der Waals surface area contributed by atoms with E-state index in [9.17, 15) is 19.2 Å². The van der Waals surface area contributed by atoms with Gasteiger partial charge in [-0.15, -0.1) is 0 Å². The molecule has 10 heteroatoms. The minimum absolute atomic E-state index is 0.0354. The first-order chi connectivity index (χ1) is 17.1. The van der Waals surface area contributed by atoms with Crippen LogP contribution in [0.1, 0.15) is 17.5 Å². The van der Waals surface area contributed by atoms with Crippen LogP contribution in [0.5, 0.6) is 0 Å². The Hall–Kier alpha value is -3.66. The molecule has 0 unspecified atom stereocenters. The van der Waals surface area contributed by atoms with Gasteiger partial charge in [-0.2, -0.15) is 0 Å². The zero-order valence-electron chi connectivity index (χ0n) is 20.4. The summed E-state index contributed by atoms with van der Waals surface area (Å²) in [7, 11) is -1.93. The predicted molar refractivity (Wildman–Crippen MR) is 135 cm³/mol. The molecule has 0 saturated carbocycles. The van der Waals surface area contributed by atoms with Crippen molar-refractivity contribution in [2.75, 3.05) is 18.0 Å². The number of amides is 4. The Bertz CT molecular complexity index is 1240. The number of fused-ring (bicyclic) bond motifs is 2. The Morgan fingerprint density at radius 3 is 2.47 bits per heavy atom. The lowest BCUT2D eigenvalue weighted by Gasteiger charge is -2.30. The molecule has 0 bridgehead atoms. The van der Waals surface area contributed by atoms with Crippen molar-refractivity contribution in [3.8, 4) is 0 Å². The molecule has 4 amide bonds. The van der Waals surface area contributed by atoms with Gasteiger partial charge in [-0.3, -0.25) is 19.3 Å². The van der Waals surface area contributed by atoms with Crippen LogP contribution < -0.4 is 11.1 Å². The predicted octanol–water partition coefficient (Wildman–Crippen LogP) is 2.23. The topological polar surface area (TPSA) is 122 Å². The molecular formula is C26H30N4O5Si. The minimum Gasteiger partial charge on any atom is -0.445 e. The number of para-hydroxylation sites is 1. The van der Waals surface area contributed by atoms with Crippen LogP contribution >= 0.6 is 0 Å². The van der Waals surface area contributed by atoms with Crippen LogP contribution in [0.25, 0.3) is 0 Å². The van der Waals surface area contributed by atoms with Crippen LogP contribution in [0.3, 0.4) is 0 Å². The standard InChI is InChI=1S/C26H30N4O5Si/c1-36(2)14-21(30(16-36)25(34)35-13-17-8-4-3-5-9-17)23(32)29-15-26(12-20(29)22(27)31)18-10-6-7-11-19(18)28-24(26)33/h3-11,20-21H,12-16H2,1-2H3,(H2,27,31)(H,28,33)/t20-,21+,26-/m0/s1. The summed E-state index contributed by atoms with van der Waals surface area (Å²) in [6.45, 7) is 4.38. The molecule has 3 heterocycles. The average molecular weight is 507 g/mol. The third-order valence-electron chi connectivity index (χ3n) is 7.54. The number of rotatable bonds is 4. The van der Waals surface area contributed by atoms with Crippen LogP contribution in [-0.4, -0.2) is 66.5 Å². The molecule has 2 saturated heterocycles. The lowest BCUT2D eigenvalue weighted by molar-refractivity contribution is -0.140. The number of carbonyl (C=O) groups is 4. The van der Waals surface area contributed by atoms with Crippen LogP contribution in [-0.2, 0) is 31.1 Å². The number of likely N-dealkylation sites (tertiary alicyclic amines) is 1. The molecule has 188 valence electrons. The Labute approximate surface area is 210 Å². The number of nitrogens with zero attached hydrogens (tertiary/aromatic N) is 2. The smallest absolute Gasteiger partial charge is 0.410 e. The summed E-state index contributed by atoms with van der Waals surface area (Å²) in [6, 6.07) is 15.5. The summed E-state index contributed by atoms with van der Waals surface area (Å²) in [4.78, 5) is 55.6. The Morgan fingerprint density at radius 2 is 1.75 bits per heavy atom. The molecule has 1 spiro atoms. The highest BCUT2D eigenvalue weighted by Gasteiger charge is 2.59. The minimum atomic E-state index is -1.93. The largest absolute Gasteiger partial charge is 0.445 e. The molecule has 0 aliphatic carbocycles. The summed E-state index contributed by atoms with van der Waals surface area (Å²) >= 11 is 0. The molecule has 9 nitrogen and oxygen atoms in total. The van der Waals surface area contributed by atoms with Gasteiger partial charge in [0.25, 0.3) is 0 Å². The van der Waals surface area contributed by atoms with E-state index in [0.29, 0.717) is 17.9 Å². The van der Waals surface area contributed by atoms with E-state index < -0.39 is 37.6 Å². The van der Waals surface area contributed by atoms with Crippen molar-refractivity contribution in [1.29, 1.82) is 0 Å². The first-order valence-corrected chi connectivity index (χ1v) is 15.5. The third-order valence-corrected chi connectivity index (χ3v) is 10.2. The molecule has 0 radical (unpaired) electrons. The summed E-state index contributed by atoms with van der Waals surface area (Å²) in [5.74, 6) is -1.27. The van der Waals surface area contributed by atoms with Gasteiger partial charge < -0.3 is 20.7 Å². The second-order valence-corrected chi connectivity index (χ2v) is 15.8. The monoisotopic (exact) mass is 506 g/mol. The van der Waals surface area contributed by atoms with Gasteiger partial charge in [0.2, 0.25) is 17.7 Å².